The molecule has 27 heavy (non-hydrogen) atoms. The van der Waals surface area contributed by atoms with E-state index in [2.05, 4.69) is 20.6 Å². The second kappa shape index (κ2) is 8.51. The van der Waals surface area contributed by atoms with Crippen LogP contribution in [-0.2, 0) is 6.54 Å². The van der Waals surface area contributed by atoms with Crippen molar-refractivity contribution >= 4 is 29.1 Å². The van der Waals surface area contributed by atoms with Crippen LogP contribution in [0.15, 0.2) is 54.9 Å². The van der Waals surface area contributed by atoms with Gasteiger partial charge < -0.3 is 15.4 Å². The molecule has 7 heteroatoms. The summed E-state index contributed by atoms with van der Waals surface area (Å²) in [7, 11) is 1.56. The van der Waals surface area contributed by atoms with Gasteiger partial charge in [0.05, 0.1) is 17.7 Å². The van der Waals surface area contributed by atoms with Crippen molar-refractivity contribution in [2.75, 3.05) is 12.4 Å². The van der Waals surface area contributed by atoms with Gasteiger partial charge in [0, 0.05) is 24.6 Å². The molecule has 1 amide bonds. The SMILES string of the molecule is COc1ccc(Nc2ncc(C(=O)NCc3cccc(C)c3)cn2)cc1Cl. The molecule has 6 nitrogen and oxygen atoms in total. The minimum absolute atomic E-state index is 0.226. The highest BCUT2D eigenvalue weighted by molar-refractivity contribution is 6.32. The van der Waals surface area contributed by atoms with Gasteiger partial charge in [-0.2, -0.15) is 0 Å². The number of aryl methyl sites for hydroxylation is 1. The van der Waals surface area contributed by atoms with Crippen molar-refractivity contribution in [1.82, 2.24) is 15.3 Å². The van der Waals surface area contributed by atoms with Crippen LogP contribution < -0.4 is 15.4 Å². The smallest absolute Gasteiger partial charge is 0.254 e. The number of carbonyl (C=O) groups is 1. The molecule has 0 aliphatic rings. The third-order valence-electron chi connectivity index (χ3n) is 3.86. The van der Waals surface area contributed by atoms with Crippen LogP contribution in [0, 0.1) is 6.92 Å². The molecule has 0 atom stereocenters. The minimum Gasteiger partial charge on any atom is -0.495 e. The van der Waals surface area contributed by atoms with Crippen molar-refractivity contribution in [3.05, 3.63) is 76.6 Å². The van der Waals surface area contributed by atoms with Crippen LogP contribution in [0.1, 0.15) is 21.5 Å². The summed E-state index contributed by atoms with van der Waals surface area (Å²) in [5.41, 5.74) is 3.30. The van der Waals surface area contributed by atoms with Gasteiger partial charge >= 0.3 is 0 Å². The molecular formula is C20H19ClN4O2. The molecule has 0 aliphatic carbocycles. The minimum atomic E-state index is -0.226. The van der Waals surface area contributed by atoms with Gasteiger partial charge in [-0.05, 0) is 30.7 Å². The van der Waals surface area contributed by atoms with Gasteiger partial charge in [0.15, 0.2) is 0 Å². The fourth-order valence-electron chi connectivity index (χ4n) is 2.49. The standard InChI is InChI=1S/C20H19ClN4O2/c1-13-4-3-5-14(8-13)10-22-19(26)15-11-23-20(24-12-15)25-16-6-7-18(27-2)17(21)9-16/h3-9,11-12H,10H2,1-2H3,(H,22,26)(H,23,24,25). The van der Waals surface area contributed by atoms with Gasteiger partial charge in [-0.15, -0.1) is 0 Å². The first-order valence-electron chi connectivity index (χ1n) is 8.31. The summed E-state index contributed by atoms with van der Waals surface area (Å²) in [5, 5.41) is 6.37. The third kappa shape index (κ3) is 4.95. The number of benzene rings is 2. The number of amides is 1. The summed E-state index contributed by atoms with van der Waals surface area (Å²) in [6.07, 6.45) is 2.96. The van der Waals surface area contributed by atoms with Crippen LogP contribution in [0.5, 0.6) is 5.75 Å². The largest absolute Gasteiger partial charge is 0.495 e. The lowest BCUT2D eigenvalue weighted by Gasteiger charge is -2.09. The van der Waals surface area contributed by atoms with E-state index in [0.29, 0.717) is 28.8 Å². The number of nitrogens with one attached hydrogen (secondary N) is 2. The van der Waals surface area contributed by atoms with Crippen molar-refractivity contribution in [2.24, 2.45) is 0 Å². The molecule has 0 aliphatic heterocycles. The van der Waals surface area contributed by atoms with E-state index in [1.54, 1.807) is 25.3 Å². The summed E-state index contributed by atoms with van der Waals surface area (Å²) < 4.78 is 5.12. The lowest BCUT2D eigenvalue weighted by Crippen LogP contribution is -2.23. The van der Waals surface area contributed by atoms with Crippen LogP contribution >= 0.6 is 11.6 Å². The van der Waals surface area contributed by atoms with Crippen LogP contribution in [0.3, 0.4) is 0 Å². The Morgan fingerprint density at radius 3 is 2.59 bits per heavy atom. The molecular weight excluding hydrogens is 364 g/mol. The van der Waals surface area contributed by atoms with Crippen LogP contribution in [-0.4, -0.2) is 23.0 Å². The molecule has 3 rings (SSSR count). The van der Waals surface area contributed by atoms with Gasteiger partial charge in [0.1, 0.15) is 5.75 Å². The first kappa shape index (κ1) is 18.7. The maximum atomic E-state index is 12.2. The Bertz CT molecular complexity index is 945. The van der Waals surface area contributed by atoms with Gasteiger partial charge in [-0.25, -0.2) is 9.97 Å². The Kier molecular flexibility index (Phi) is 5.88. The Hall–Kier alpha value is -3.12. The lowest BCUT2D eigenvalue weighted by molar-refractivity contribution is 0.0950. The summed E-state index contributed by atoms with van der Waals surface area (Å²) in [6.45, 7) is 2.46. The normalized spacial score (nSPS) is 10.3. The van der Waals surface area contributed by atoms with E-state index in [4.69, 9.17) is 16.3 Å². The van der Waals surface area contributed by atoms with Gasteiger partial charge in [0.2, 0.25) is 5.95 Å². The highest BCUT2D eigenvalue weighted by Crippen LogP contribution is 2.28. The zero-order valence-electron chi connectivity index (χ0n) is 15.0. The topological polar surface area (TPSA) is 76.1 Å². The van der Waals surface area contributed by atoms with E-state index in [9.17, 15) is 4.79 Å². The molecule has 2 aromatic carbocycles. The maximum Gasteiger partial charge on any atom is 0.254 e. The number of halogens is 1. The van der Waals surface area contributed by atoms with Crippen molar-refractivity contribution in [2.45, 2.75) is 13.5 Å². The maximum absolute atomic E-state index is 12.2. The molecule has 0 saturated carbocycles. The quantitative estimate of drug-likeness (QED) is 0.670. The Morgan fingerprint density at radius 1 is 1.15 bits per heavy atom. The van der Waals surface area contributed by atoms with Crippen molar-refractivity contribution in [1.29, 1.82) is 0 Å². The molecule has 138 valence electrons. The summed E-state index contributed by atoms with van der Waals surface area (Å²) in [4.78, 5) is 20.6. The number of rotatable bonds is 6. The van der Waals surface area contributed by atoms with Crippen LogP contribution in [0.4, 0.5) is 11.6 Å². The van der Waals surface area contributed by atoms with Crippen LogP contribution in [0.25, 0.3) is 0 Å². The monoisotopic (exact) mass is 382 g/mol. The van der Waals surface area contributed by atoms with E-state index in [0.717, 1.165) is 16.8 Å². The van der Waals surface area contributed by atoms with E-state index in [1.165, 1.54) is 12.4 Å². The number of methoxy groups -OCH3 is 1. The molecule has 1 heterocycles. The Balaban J connectivity index is 1.61. The highest BCUT2D eigenvalue weighted by Gasteiger charge is 2.08. The molecule has 0 saturated heterocycles. The summed E-state index contributed by atoms with van der Waals surface area (Å²) in [6, 6.07) is 13.2. The molecule has 0 radical (unpaired) electrons. The molecule has 0 spiro atoms. The number of ether oxygens (including phenoxy) is 1. The van der Waals surface area contributed by atoms with Crippen LogP contribution in [0.2, 0.25) is 5.02 Å². The summed E-state index contributed by atoms with van der Waals surface area (Å²) >= 11 is 6.10. The van der Waals surface area contributed by atoms with Gasteiger partial charge in [0.25, 0.3) is 5.91 Å². The average Bonchev–Trinajstić information content (AvgIpc) is 2.67. The highest BCUT2D eigenvalue weighted by atomic mass is 35.5. The number of aromatic nitrogens is 2. The first-order chi connectivity index (χ1) is 13.0. The van der Waals surface area contributed by atoms with E-state index >= 15 is 0 Å². The predicted octanol–water partition coefficient (Wildman–Crippen LogP) is 4.12. The predicted molar refractivity (Wildman–Crippen MR) is 106 cm³/mol. The number of carbonyl (C=O) groups excluding carboxylic acids is 1. The second-order valence-electron chi connectivity index (χ2n) is 5.94. The zero-order chi connectivity index (χ0) is 19.2. The molecule has 3 aromatic rings. The fraction of sp³-hybridized carbons (Fsp3) is 0.150. The number of nitrogens with zero attached hydrogens (tertiary/aromatic N) is 2. The first-order valence-corrected chi connectivity index (χ1v) is 8.69. The van der Waals surface area contributed by atoms with Crippen molar-refractivity contribution in [3.63, 3.8) is 0 Å². The van der Waals surface area contributed by atoms with E-state index in [-0.39, 0.29) is 5.91 Å². The second-order valence-corrected chi connectivity index (χ2v) is 6.35. The molecule has 0 fully saturated rings. The Morgan fingerprint density at radius 2 is 1.93 bits per heavy atom. The molecule has 2 N–H and O–H groups in total. The zero-order valence-corrected chi connectivity index (χ0v) is 15.7. The average molecular weight is 383 g/mol. The number of hydrogen-bond acceptors (Lipinski definition) is 5. The Labute approximate surface area is 162 Å². The van der Waals surface area contributed by atoms with Crippen molar-refractivity contribution in [3.8, 4) is 5.75 Å². The van der Waals surface area contributed by atoms with E-state index < -0.39 is 0 Å². The molecule has 1 aromatic heterocycles. The lowest BCUT2D eigenvalue weighted by atomic mass is 10.1. The fourth-order valence-corrected chi connectivity index (χ4v) is 2.75. The van der Waals surface area contributed by atoms with Gasteiger partial charge in [-0.3, -0.25) is 4.79 Å². The van der Waals surface area contributed by atoms with Gasteiger partial charge in [-0.1, -0.05) is 41.4 Å². The van der Waals surface area contributed by atoms with Crippen molar-refractivity contribution < 1.29 is 9.53 Å². The third-order valence-corrected chi connectivity index (χ3v) is 4.15. The summed E-state index contributed by atoms with van der Waals surface area (Å²) in [5.74, 6) is 0.728. The molecule has 0 unspecified atom stereocenters. The molecule has 0 bridgehead atoms. The number of hydrogen-bond donors (Lipinski definition) is 2. The number of anilines is 2. The van der Waals surface area contributed by atoms with E-state index in [1.807, 2.05) is 31.2 Å².